The van der Waals surface area contributed by atoms with E-state index in [1.54, 1.807) is 0 Å². The number of benzene rings is 1. The Balaban J connectivity index is 1.76. The lowest BCUT2D eigenvalue weighted by Crippen LogP contribution is -2.41. The van der Waals surface area contributed by atoms with Gasteiger partial charge in [0.25, 0.3) is 0 Å². The normalized spacial score (nSPS) is 24.4. The summed E-state index contributed by atoms with van der Waals surface area (Å²) in [6.45, 7) is 9.49. The fourth-order valence-corrected chi connectivity index (χ4v) is 4.36. The first-order valence-electron chi connectivity index (χ1n) is 10.5. The highest BCUT2D eigenvalue weighted by atomic mass is 16.5. The Labute approximate surface area is 168 Å². The molecule has 2 aliphatic heterocycles. The van der Waals surface area contributed by atoms with E-state index in [-0.39, 0.29) is 17.8 Å². The summed E-state index contributed by atoms with van der Waals surface area (Å²) >= 11 is 0. The first kappa shape index (κ1) is 20.6. The Hall–Kier alpha value is -2.08. The lowest BCUT2D eigenvalue weighted by molar-refractivity contribution is -0.145. The van der Waals surface area contributed by atoms with Gasteiger partial charge in [-0.15, -0.1) is 0 Å². The predicted octanol–water partition coefficient (Wildman–Crippen LogP) is 2.53. The number of nitrogens with zero attached hydrogens (tertiary/aromatic N) is 3. The minimum Gasteiger partial charge on any atom is -0.469 e. The van der Waals surface area contributed by atoms with Crippen LogP contribution in [0.5, 0.6) is 0 Å². The van der Waals surface area contributed by atoms with Crippen molar-refractivity contribution >= 4 is 11.9 Å². The minimum atomic E-state index is -0.120. The van der Waals surface area contributed by atoms with Gasteiger partial charge in [-0.3, -0.25) is 14.7 Å². The number of carbonyl (C=O) groups is 1. The Morgan fingerprint density at radius 3 is 2.61 bits per heavy atom. The van der Waals surface area contributed by atoms with Gasteiger partial charge in [-0.1, -0.05) is 37.3 Å². The maximum absolute atomic E-state index is 12.1. The summed E-state index contributed by atoms with van der Waals surface area (Å²) in [6.07, 6.45) is 2.52. The fraction of sp³-hybridized carbons (Fsp3) is 0.636. The van der Waals surface area contributed by atoms with E-state index in [0.29, 0.717) is 12.6 Å². The highest BCUT2D eigenvalue weighted by molar-refractivity contribution is 5.82. The number of guanidine groups is 1. The van der Waals surface area contributed by atoms with Crippen LogP contribution in [0.15, 0.2) is 35.3 Å². The molecule has 2 saturated heterocycles. The second kappa shape index (κ2) is 9.92. The Morgan fingerprint density at radius 1 is 1.25 bits per heavy atom. The van der Waals surface area contributed by atoms with Crippen LogP contribution >= 0.6 is 0 Å². The van der Waals surface area contributed by atoms with Gasteiger partial charge in [-0.05, 0) is 44.3 Å². The van der Waals surface area contributed by atoms with Gasteiger partial charge in [0.15, 0.2) is 5.96 Å². The number of hydrogen-bond donors (Lipinski definition) is 1. The predicted molar refractivity (Wildman–Crippen MR) is 112 cm³/mol. The van der Waals surface area contributed by atoms with E-state index in [1.165, 1.54) is 25.5 Å². The molecule has 2 aliphatic rings. The summed E-state index contributed by atoms with van der Waals surface area (Å²) < 4.78 is 4.98. The quantitative estimate of drug-likeness (QED) is 0.463. The van der Waals surface area contributed by atoms with Crippen molar-refractivity contribution in [3.63, 3.8) is 0 Å². The van der Waals surface area contributed by atoms with E-state index in [1.807, 2.05) is 0 Å². The molecular weight excluding hydrogens is 352 g/mol. The molecule has 3 rings (SSSR count). The smallest absolute Gasteiger partial charge is 0.310 e. The SMILES string of the molecule is CCNC(=NCC(c1ccccc1)N1CCCC1)N1CC(C)C(C(=O)OC)C1. The van der Waals surface area contributed by atoms with Crippen molar-refractivity contribution in [3.8, 4) is 0 Å². The molecule has 2 heterocycles. The van der Waals surface area contributed by atoms with Gasteiger partial charge >= 0.3 is 5.97 Å². The maximum Gasteiger partial charge on any atom is 0.310 e. The third-order valence-electron chi connectivity index (χ3n) is 5.93. The molecule has 0 aliphatic carbocycles. The number of nitrogens with one attached hydrogen (secondary N) is 1. The molecule has 1 aromatic carbocycles. The molecule has 6 nitrogen and oxygen atoms in total. The summed E-state index contributed by atoms with van der Waals surface area (Å²) in [5.74, 6) is 0.961. The number of rotatable bonds is 6. The standard InChI is InChI=1S/C22H34N4O2/c1-4-23-22(26-15-17(2)19(16-26)21(27)28-3)24-14-20(25-12-8-9-13-25)18-10-6-5-7-11-18/h5-7,10-11,17,19-20H,4,8-9,12-16H2,1-3H3,(H,23,24). The van der Waals surface area contributed by atoms with E-state index in [9.17, 15) is 4.79 Å². The molecule has 0 bridgehead atoms. The van der Waals surface area contributed by atoms with Gasteiger partial charge in [0.2, 0.25) is 0 Å². The highest BCUT2D eigenvalue weighted by Crippen LogP contribution is 2.27. The van der Waals surface area contributed by atoms with E-state index < -0.39 is 0 Å². The topological polar surface area (TPSA) is 57.2 Å². The summed E-state index contributed by atoms with van der Waals surface area (Å²) in [6, 6.07) is 11.0. The molecule has 0 saturated carbocycles. The average molecular weight is 387 g/mol. The van der Waals surface area contributed by atoms with Crippen molar-refractivity contribution in [2.24, 2.45) is 16.8 Å². The molecule has 1 N–H and O–H groups in total. The zero-order valence-corrected chi connectivity index (χ0v) is 17.4. The first-order valence-corrected chi connectivity index (χ1v) is 10.5. The lowest BCUT2D eigenvalue weighted by atomic mass is 9.99. The molecule has 3 atom stereocenters. The van der Waals surface area contributed by atoms with Crippen LogP contribution in [-0.2, 0) is 9.53 Å². The molecule has 0 spiro atoms. The molecule has 3 unspecified atom stereocenters. The summed E-state index contributed by atoms with van der Waals surface area (Å²) in [7, 11) is 1.47. The van der Waals surface area contributed by atoms with Gasteiger partial charge < -0.3 is 15.0 Å². The van der Waals surface area contributed by atoms with Crippen LogP contribution < -0.4 is 5.32 Å². The van der Waals surface area contributed by atoms with Crippen LogP contribution in [0.25, 0.3) is 0 Å². The number of likely N-dealkylation sites (tertiary alicyclic amines) is 2. The second-order valence-electron chi connectivity index (χ2n) is 7.88. The number of methoxy groups -OCH3 is 1. The molecule has 0 amide bonds. The highest BCUT2D eigenvalue weighted by Gasteiger charge is 2.37. The molecule has 1 aromatic rings. The van der Waals surface area contributed by atoms with Crippen molar-refractivity contribution in [3.05, 3.63) is 35.9 Å². The third kappa shape index (κ3) is 4.85. The number of hydrogen-bond acceptors (Lipinski definition) is 4. The Morgan fingerprint density at radius 2 is 1.96 bits per heavy atom. The van der Waals surface area contributed by atoms with Crippen LogP contribution in [0.4, 0.5) is 0 Å². The van der Waals surface area contributed by atoms with Crippen LogP contribution in [0.2, 0.25) is 0 Å². The largest absolute Gasteiger partial charge is 0.469 e. The van der Waals surface area contributed by atoms with E-state index in [4.69, 9.17) is 9.73 Å². The fourth-order valence-electron chi connectivity index (χ4n) is 4.36. The van der Waals surface area contributed by atoms with Crippen molar-refractivity contribution < 1.29 is 9.53 Å². The van der Waals surface area contributed by atoms with Gasteiger partial charge in [-0.2, -0.15) is 0 Å². The summed E-state index contributed by atoms with van der Waals surface area (Å²) in [5.41, 5.74) is 1.33. The molecule has 0 aromatic heterocycles. The first-order chi connectivity index (χ1) is 13.6. The zero-order valence-electron chi connectivity index (χ0n) is 17.4. The number of carbonyl (C=O) groups excluding carboxylic acids is 1. The van der Waals surface area contributed by atoms with Gasteiger partial charge in [0.1, 0.15) is 0 Å². The van der Waals surface area contributed by atoms with Crippen molar-refractivity contribution in [2.75, 3.05) is 46.4 Å². The Bertz CT molecular complexity index is 658. The Kier molecular flexibility index (Phi) is 7.31. The van der Waals surface area contributed by atoms with Crippen molar-refractivity contribution in [1.82, 2.24) is 15.1 Å². The number of esters is 1. The maximum atomic E-state index is 12.1. The summed E-state index contributed by atoms with van der Waals surface area (Å²) in [4.78, 5) is 21.8. The van der Waals surface area contributed by atoms with Gasteiger partial charge in [0, 0.05) is 19.6 Å². The van der Waals surface area contributed by atoms with Gasteiger partial charge in [-0.25, -0.2) is 0 Å². The van der Waals surface area contributed by atoms with E-state index in [2.05, 4.69) is 59.3 Å². The third-order valence-corrected chi connectivity index (χ3v) is 5.93. The second-order valence-corrected chi connectivity index (χ2v) is 7.88. The average Bonchev–Trinajstić information content (AvgIpc) is 3.37. The molecule has 28 heavy (non-hydrogen) atoms. The molecular formula is C22H34N4O2. The molecule has 2 fully saturated rings. The monoisotopic (exact) mass is 386 g/mol. The molecule has 0 radical (unpaired) electrons. The van der Waals surface area contributed by atoms with Crippen LogP contribution in [0, 0.1) is 11.8 Å². The molecule has 6 heteroatoms. The van der Waals surface area contributed by atoms with E-state index in [0.717, 1.165) is 38.7 Å². The number of aliphatic imine (C=N–C) groups is 1. The zero-order chi connectivity index (χ0) is 19.9. The van der Waals surface area contributed by atoms with E-state index >= 15 is 0 Å². The molecule has 154 valence electrons. The minimum absolute atomic E-state index is 0.0858. The van der Waals surface area contributed by atoms with Crippen LogP contribution in [0.1, 0.15) is 38.3 Å². The van der Waals surface area contributed by atoms with Crippen molar-refractivity contribution in [1.29, 1.82) is 0 Å². The summed E-state index contributed by atoms with van der Waals surface area (Å²) in [5, 5.41) is 3.43. The van der Waals surface area contributed by atoms with Crippen LogP contribution in [0.3, 0.4) is 0 Å². The van der Waals surface area contributed by atoms with Crippen LogP contribution in [-0.4, -0.2) is 68.1 Å². The van der Waals surface area contributed by atoms with Crippen molar-refractivity contribution in [2.45, 2.75) is 32.7 Å². The number of ether oxygens (including phenoxy) is 1. The van der Waals surface area contributed by atoms with Gasteiger partial charge in [0.05, 0.1) is 25.6 Å². The lowest BCUT2D eigenvalue weighted by Gasteiger charge is -2.28.